The number of carbonyl (C=O) groups excluding carboxylic acids is 2. The zero-order valence-corrected chi connectivity index (χ0v) is 22.7. The van der Waals surface area contributed by atoms with Crippen LogP contribution in [0, 0.1) is 11.8 Å². The quantitative estimate of drug-likeness (QED) is 0.154. The summed E-state index contributed by atoms with van der Waals surface area (Å²) in [6.45, 7) is 0. The highest BCUT2D eigenvalue weighted by Crippen LogP contribution is 2.63. The van der Waals surface area contributed by atoms with Crippen molar-refractivity contribution in [2.24, 2.45) is 16.9 Å². The van der Waals surface area contributed by atoms with Gasteiger partial charge in [0, 0.05) is 16.6 Å². The third-order valence-corrected chi connectivity index (χ3v) is 9.13. The number of nitrogens with zero attached hydrogens (tertiary/aromatic N) is 3. The molecule has 0 radical (unpaired) electrons. The van der Waals surface area contributed by atoms with Crippen LogP contribution in [-0.4, -0.2) is 28.0 Å². The normalized spacial score (nSPS) is 24.4. The van der Waals surface area contributed by atoms with E-state index in [1.54, 1.807) is 0 Å². The SMILES string of the molecule is O=C1[C@@H]2C3c4ccccc4C(/C=N\Nc4nc5ccccc5[nH]4)(c4ccccc43)[C@@H]2C(=O)N1c1ccc(Br)cc1. The average molecular weight is 588 g/mol. The predicted molar refractivity (Wildman–Crippen MR) is 157 cm³/mol. The number of halogens is 1. The second-order valence-electron chi connectivity index (χ2n) is 10.5. The number of hydrazone groups is 1. The van der Waals surface area contributed by atoms with E-state index in [1.807, 2.05) is 79.0 Å². The number of hydrogen-bond donors (Lipinski definition) is 2. The van der Waals surface area contributed by atoms with Crippen LogP contribution >= 0.6 is 15.9 Å². The van der Waals surface area contributed by atoms with E-state index in [0.29, 0.717) is 11.6 Å². The highest BCUT2D eigenvalue weighted by Gasteiger charge is 2.68. The molecule has 194 valence electrons. The van der Waals surface area contributed by atoms with Crippen molar-refractivity contribution >= 4 is 56.6 Å². The van der Waals surface area contributed by atoms with Gasteiger partial charge in [0.15, 0.2) is 0 Å². The zero-order chi connectivity index (χ0) is 27.0. The Morgan fingerprint density at radius 1 is 0.850 bits per heavy atom. The molecule has 8 heteroatoms. The molecule has 4 aliphatic rings. The summed E-state index contributed by atoms with van der Waals surface area (Å²) in [5.74, 6) is -1.27. The number of rotatable bonds is 4. The summed E-state index contributed by atoms with van der Waals surface area (Å²) in [5.41, 5.74) is 8.57. The Morgan fingerprint density at radius 2 is 1.50 bits per heavy atom. The Morgan fingerprint density at radius 3 is 2.20 bits per heavy atom. The molecule has 7 nitrogen and oxygen atoms in total. The van der Waals surface area contributed by atoms with E-state index in [9.17, 15) is 9.59 Å². The van der Waals surface area contributed by atoms with Gasteiger partial charge in [-0.15, -0.1) is 0 Å². The fourth-order valence-electron chi connectivity index (χ4n) is 7.10. The van der Waals surface area contributed by atoms with Crippen LogP contribution in [0.1, 0.15) is 28.2 Å². The number of benzene rings is 4. The Balaban J connectivity index is 1.32. The smallest absolute Gasteiger partial charge is 0.239 e. The number of fused-ring (bicyclic) bond motifs is 1. The van der Waals surface area contributed by atoms with Crippen molar-refractivity contribution in [3.8, 4) is 0 Å². The molecule has 2 heterocycles. The molecule has 3 aliphatic carbocycles. The standard InChI is InChI=1S/C32H22BrN5O2/c33-18-13-15-19(16-14-18)38-29(39)27-26-20-7-1-3-9-22(20)32(28(27)30(38)40,23-10-4-2-8-21(23)26)17-34-37-31-35-24-11-5-6-12-25(24)36-31/h1-17,26-28H,(H2,35,36,37)/b34-17-/t26?,27-,28+,32?/m1/s1. The van der Waals surface area contributed by atoms with Gasteiger partial charge in [-0.2, -0.15) is 5.10 Å². The summed E-state index contributed by atoms with van der Waals surface area (Å²) >= 11 is 3.46. The molecule has 5 aromatic rings. The number of para-hydroxylation sites is 2. The van der Waals surface area contributed by atoms with Crippen LogP contribution in [0.4, 0.5) is 11.6 Å². The van der Waals surface area contributed by atoms with E-state index in [2.05, 4.69) is 55.6 Å². The second-order valence-corrected chi connectivity index (χ2v) is 11.4. The monoisotopic (exact) mass is 587 g/mol. The van der Waals surface area contributed by atoms with E-state index in [1.165, 1.54) is 4.90 Å². The molecule has 2 N–H and O–H groups in total. The second kappa shape index (κ2) is 8.47. The lowest BCUT2D eigenvalue weighted by molar-refractivity contribution is -0.122. The van der Waals surface area contributed by atoms with Gasteiger partial charge in [0.25, 0.3) is 0 Å². The van der Waals surface area contributed by atoms with Gasteiger partial charge in [0.2, 0.25) is 17.8 Å². The molecule has 1 fully saturated rings. The van der Waals surface area contributed by atoms with Gasteiger partial charge in [-0.3, -0.25) is 9.59 Å². The zero-order valence-electron chi connectivity index (χ0n) is 21.1. The van der Waals surface area contributed by atoms with Crippen LogP contribution in [0.25, 0.3) is 11.0 Å². The van der Waals surface area contributed by atoms with Gasteiger partial charge >= 0.3 is 0 Å². The van der Waals surface area contributed by atoms with E-state index >= 15 is 0 Å². The maximum atomic E-state index is 14.4. The van der Waals surface area contributed by atoms with Crippen LogP contribution < -0.4 is 10.3 Å². The number of nitrogens with one attached hydrogen (secondary N) is 2. The number of H-pyrrole nitrogens is 1. The van der Waals surface area contributed by atoms with Gasteiger partial charge in [-0.25, -0.2) is 15.3 Å². The summed E-state index contributed by atoms with van der Waals surface area (Å²) in [4.78, 5) is 37.8. The van der Waals surface area contributed by atoms with Crippen molar-refractivity contribution in [2.75, 3.05) is 10.3 Å². The minimum atomic E-state index is -0.942. The highest BCUT2D eigenvalue weighted by atomic mass is 79.9. The lowest BCUT2D eigenvalue weighted by atomic mass is 9.47. The summed E-state index contributed by atoms with van der Waals surface area (Å²) in [6, 6.07) is 31.4. The van der Waals surface area contributed by atoms with Crippen molar-refractivity contribution in [2.45, 2.75) is 11.3 Å². The van der Waals surface area contributed by atoms with Crippen molar-refractivity contribution in [3.63, 3.8) is 0 Å². The van der Waals surface area contributed by atoms with Crippen LogP contribution in [0.3, 0.4) is 0 Å². The molecule has 0 unspecified atom stereocenters. The maximum Gasteiger partial charge on any atom is 0.239 e. The van der Waals surface area contributed by atoms with Gasteiger partial charge in [-0.05, 0) is 58.7 Å². The largest absolute Gasteiger partial charge is 0.323 e. The molecule has 0 saturated carbocycles. The van der Waals surface area contributed by atoms with Crippen LogP contribution in [-0.2, 0) is 15.0 Å². The molecule has 2 bridgehead atoms. The number of aromatic amines is 1. The average Bonchev–Trinajstić information content (AvgIpc) is 3.52. The summed E-state index contributed by atoms with van der Waals surface area (Å²) in [6.07, 6.45) is 1.82. The summed E-state index contributed by atoms with van der Waals surface area (Å²) in [7, 11) is 0. The molecule has 1 aliphatic heterocycles. The minimum Gasteiger partial charge on any atom is -0.323 e. The number of hydrogen-bond acceptors (Lipinski definition) is 5. The van der Waals surface area contributed by atoms with Gasteiger partial charge in [0.05, 0.1) is 34.0 Å². The fourth-order valence-corrected chi connectivity index (χ4v) is 7.36. The first-order valence-corrected chi connectivity index (χ1v) is 13.9. The van der Waals surface area contributed by atoms with Gasteiger partial charge in [0.1, 0.15) is 0 Å². The van der Waals surface area contributed by atoms with E-state index in [0.717, 1.165) is 37.8 Å². The first-order valence-electron chi connectivity index (χ1n) is 13.1. The number of aromatic nitrogens is 2. The fraction of sp³-hybridized carbons (Fsp3) is 0.125. The molecule has 9 rings (SSSR count). The van der Waals surface area contributed by atoms with E-state index in [-0.39, 0.29) is 17.7 Å². The molecule has 2 amide bonds. The van der Waals surface area contributed by atoms with Crippen molar-refractivity contribution in [1.82, 2.24) is 9.97 Å². The number of imidazole rings is 1. The summed E-state index contributed by atoms with van der Waals surface area (Å²) < 4.78 is 0.882. The van der Waals surface area contributed by atoms with E-state index in [4.69, 9.17) is 5.10 Å². The Hall–Kier alpha value is -4.56. The van der Waals surface area contributed by atoms with Crippen LogP contribution in [0.15, 0.2) is 107 Å². The molecule has 0 spiro atoms. The summed E-state index contributed by atoms with van der Waals surface area (Å²) in [5, 5.41) is 4.70. The number of anilines is 2. The molecule has 40 heavy (non-hydrogen) atoms. The number of imide groups is 1. The minimum absolute atomic E-state index is 0.172. The molecule has 2 atom stereocenters. The van der Waals surface area contributed by atoms with Crippen molar-refractivity contribution in [1.29, 1.82) is 0 Å². The van der Waals surface area contributed by atoms with Crippen molar-refractivity contribution in [3.05, 3.63) is 124 Å². The molecule has 1 saturated heterocycles. The Labute approximate surface area is 238 Å². The molecular weight excluding hydrogens is 566 g/mol. The molecule has 1 aromatic heterocycles. The van der Waals surface area contributed by atoms with Gasteiger partial charge < -0.3 is 4.98 Å². The first kappa shape index (κ1) is 23.3. The highest BCUT2D eigenvalue weighted by molar-refractivity contribution is 9.10. The third kappa shape index (κ3) is 3.05. The first-order chi connectivity index (χ1) is 19.6. The van der Waals surface area contributed by atoms with Gasteiger partial charge in [-0.1, -0.05) is 76.6 Å². The number of carbonyl (C=O) groups is 2. The molecular formula is C32H22BrN5O2. The van der Waals surface area contributed by atoms with E-state index < -0.39 is 17.3 Å². The Bertz CT molecular complexity index is 1800. The maximum absolute atomic E-state index is 14.4. The lowest BCUT2D eigenvalue weighted by Crippen LogP contribution is -2.54. The third-order valence-electron chi connectivity index (χ3n) is 8.60. The predicted octanol–water partition coefficient (Wildman–Crippen LogP) is 5.97. The lowest BCUT2D eigenvalue weighted by Gasteiger charge is -2.52. The van der Waals surface area contributed by atoms with Crippen LogP contribution in [0.2, 0.25) is 0 Å². The Kier molecular flexibility index (Phi) is 4.94. The topological polar surface area (TPSA) is 90.5 Å². The van der Waals surface area contributed by atoms with Crippen LogP contribution in [0.5, 0.6) is 0 Å². The van der Waals surface area contributed by atoms with Crippen molar-refractivity contribution < 1.29 is 9.59 Å². The molecule has 4 aromatic carbocycles. The number of amides is 2.